The minimum atomic E-state index is -1.16. The average Bonchev–Trinajstić information content (AvgIpc) is 2.87. The molecule has 2 aliphatic rings. The topological polar surface area (TPSA) is 107 Å². The lowest BCUT2D eigenvalue weighted by Crippen LogP contribution is -2.64. The summed E-state index contributed by atoms with van der Waals surface area (Å²) in [6, 6.07) is 5.74. The molecule has 2 N–H and O–H groups in total. The van der Waals surface area contributed by atoms with Gasteiger partial charge in [-0.3, -0.25) is 24.1 Å². The number of amides is 3. The Morgan fingerprint density at radius 1 is 1.32 bits per heavy atom. The third kappa shape index (κ3) is 2.63. The minimum absolute atomic E-state index is 0.105. The Labute approximate surface area is 144 Å². The van der Waals surface area contributed by atoms with Crippen molar-refractivity contribution >= 4 is 29.4 Å². The zero-order valence-corrected chi connectivity index (χ0v) is 14.0. The van der Waals surface area contributed by atoms with E-state index >= 15 is 0 Å². The van der Waals surface area contributed by atoms with Crippen LogP contribution in [0.5, 0.6) is 0 Å². The van der Waals surface area contributed by atoms with Gasteiger partial charge < -0.3 is 15.3 Å². The number of rotatable bonds is 4. The van der Waals surface area contributed by atoms with Crippen molar-refractivity contribution in [2.75, 3.05) is 11.4 Å². The van der Waals surface area contributed by atoms with Crippen LogP contribution in [-0.4, -0.2) is 51.9 Å². The fourth-order valence-electron chi connectivity index (χ4n) is 3.43. The second-order valence-electron chi connectivity index (χ2n) is 6.48. The van der Waals surface area contributed by atoms with Gasteiger partial charge in [-0.2, -0.15) is 0 Å². The molecule has 1 saturated heterocycles. The predicted octanol–water partition coefficient (Wildman–Crippen LogP) is 0.575. The first-order chi connectivity index (χ1) is 11.8. The van der Waals surface area contributed by atoms with E-state index in [1.54, 1.807) is 36.1 Å². The Bertz CT molecular complexity index is 777. The molecule has 3 rings (SSSR count). The molecule has 2 aliphatic heterocycles. The molecule has 1 aromatic rings. The summed E-state index contributed by atoms with van der Waals surface area (Å²) in [5.74, 6) is -2.19. The SMILES string of the molecule is C[C@@H](NC(=O)CN1C(=O)c2ccccc2N2C(=O)CCC12C)C(=O)O. The van der Waals surface area contributed by atoms with Gasteiger partial charge >= 0.3 is 5.97 Å². The summed E-state index contributed by atoms with van der Waals surface area (Å²) in [5.41, 5.74) is -0.0332. The largest absolute Gasteiger partial charge is 0.480 e. The number of carbonyl (C=O) groups is 4. The number of aliphatic carboxylic acids is 1. The number of nitrogens with zero attached hydrogens (tertiary/aromatic N) is 2. The Morgan fingerprint density at radius 3 is 2.68 bits per heavy atom. The van der Waals surface area contributed by atoms with Crippen LogP contribution in [0, 0.1) is 0 Å². The van der Waals surface area contributed by atoms with Crippen molar-refractivity contribution in [3.05, 3.63) is 29.8 Å². The number of carboxylic acid groups (broad SMARTS) is 1. The number of para-hydroxylation sites is 1. The maximum atomic E-state index is 12.9. The van der Waals surface area contributed by atoms with E-state index in [0.29, 0.717) is 17.7 Å². The zero-order chi connectivity index (χ0) is 18.4. The van der Waals surface area contributed by atoms with Crippen molar-refractivity contribution in [1.82, 2.24) is 10.2 Å². The van der Waals surface area contributed by atoms with Gasteiger partial charge in [0.05, 0.1) is 11.3 Å². The monoisotopic (exact) mass is 345 g/mol. The van der Waals surface area contributed by atoms with Crippen molar-refractivity contribution in [3.8, 4) is 0 Å². The van der Waals surface area contributed by atoms with E-state index < -0.39 is 23.6 Å². The van der Waals surface area contributed by atoms with Gasteiger partial charge in [-0.05, 0) is 32.4 Å². The van der Waals surface area contributed by atoms with Gasteiger partial charge in [0.15, 0.2) is 0 Å². The summed E-state index contributed by atoms with van der Waals surface area (Å²) >= 11 is 0. The average molecular weight is 345 g/mol. The predicted molar refractivity (Wildman–Crippen MR) is 87.8 cm³/mol. The standard InChI is InChI=1S/C17H19N3O5/c1-10(16(24)25)18-13(21)9-19-15(23)11-5-3-4-6-12(11)20-14(22)7-8-17(19,20)2/h3-6,10H,7-9H2,1-2H3,(H,18,21)(H,24,25)/t10-,17?/m1/s1. The lowest BCUT2D eigenvalue weighted by molar-refractivity contribution is -0.141. The number of carboxylic acids is 1. The Kier molecular flexibility index (Phi) is 3.98. The second-order valence-corrected chi connectivity index (χ2v) is 6.48. The van der Waals surface area contributed by atoms with Crippen molar-refractivity contribution in [1.29, 1.82) is 0 Å². The molecule has 1 unspecified atom stereocenters. The third-order valence-electron chi connectivity index (χ3n) is 4.80. The van der Waals surface area contributed by atoms with Gasteiger partial charge in [-0.15, -0.1) is 0 Å². The van der Waals surface area contributed by atoms with Crippen LogP contribution in [0.3, 0.4) is 0 Å². The van der Waals surface area contributed by atoms with E-state index in [1.165, 1.54) is 11.8 Å². The smallest absolute Gasteiger partial charge is 0.325 e. The summed E-state index contributed by atoms with van der Waals surface area (Å²) in [6.07, 6.45) is 0.690. The number of hydrogen-bond donors (Lipinski definition) is 2. The van der Waals surface area contributed by atoms with Gasteiger partial charge in [0.1, 0.15) is 18.2 Å². The molecule has 0 aromatic heterocycles. The molecule has 2 atom stereocenters. The molecule has 0 saturated carbocycles. The number of fused-ring (bicyclic) bond motifs is 3. The van der Waals surface area contributed by atoms with E-state index in [1.807, 2.05) is 0 Å². The summed E-state index contributed by atoms with van der Waals surface area (Å²) in [5, 5.41) is 11.3. The summed E-state index contributed by atoms with van der Waals surface area (Å²) < 4.78 is 0. The molecule has 0 bridgehead atoms. The van der Waals surface area contributed by atoms with Crippen LogP contribution in [0.2, 0.25) is 0 Å². The third-order valence-corrected chi connectivity index (χ3v) is 4.80. The van der Waals surface area contributed by atoms with E-state index in [2.05, 4.69) is 5.32 Å². The minimum Gasteiger partial charge on any atom is -0.480 e. The lowest BCUT2D eigenvalue weighted by Gasteiger charge is -2.48. The van der Waals surface area contributed by atoms with Crippen LogP contribution >= 0.6 is 0 Å². The molecule has 2 heterocycles. The summed E-state index contributed by atoms with van der Waals surface area (Å²) in [6.45, 7) is 2.78. The van der Waals surface area contributed by atoms with Crippen LogP contribution in [0.4, 0.5) is 5.69 Å². The van der Waals surface area contributed by atoms with Crippen LogP contribution in [0.25, 0.3) is 0 Å². The maximum Gasteiger partial charge on any atom is 0.325 e. The van der Waals surface area contributed by atoms with Crippen molar-refractivity contribution in [2.45, 2.75) is 38.4 Å². The van der Waals surface area contributed by atoms with Gasteiger partial charge in [0.25, 0.3) is 5.91 Å². The van der Waals surface area contributed by atoms with Crippen LogP contribution in [0.1, 0.15) is 37.0 Å². The fourth-order valence-corrected chi connectivity index (χ4v) is 3.43. The zero-order valence-electron chi connectivity index (χ0n) is 14.0. The second kappa shape index (κ2) is 5.87. The number of benzene rings is 1. The van der Waals surface area contributed by atoms with E-state index in [9.17, 15) is 19.2 Å². The van der Waals surface area contributed by atoms with Crippen molar-refractivity contribution in [2.24, 2.45) is 0 Å². The molecular weight excluding hydrogens is 326 g/mol. The van der Waals surface area contributed by atoms with Crippen LogP contribution < -0.4 is 10.2 Å². The molecule has 0 aliphatic carbocycles. The Morgan fingerprint density at radius 2 is 2.00 bits per heavy atom. The highest BCUT2D eigenvalue weighted by Gasteiger charge is 2.53. The molecular formula is C17H19N3O5. The van der Waals surface area contributed by atoms with Crippen molar-refractivity contribution in [3.63, 3.8) is 0 Å². The van der Waals surface area contributed by atoms with Gasteiger partial charge in [0.2, 0.25) is 11.8 Å². The number of hydrogen-bond acceptors (Lipinski definition) is 4. The Balaban J connectivity index is 1.94. The quantitative estimate of drug-likeness (QED) is 0.830. The van der Waals surface area contributed by atoms with E-state index in [0.717, 1.165) is 0 Å². The fraction of sp³-hybridized carbons (Fsp3) is 0.412. The molecule has 25 heavy (non-hydrogen) atoms. The molecule has 0 spiro atoms. The first-order valence-corrected chi connectivity index (χ1v) is 8.02. The number of anilines is 1. The molecule has 0 radical (unpaired) electrons. The van der Waals surface area contributed by atoms with Crippen LogP contribution in [-0.2, 0) is 14.4 Å². The molecule has 8 heteroatoms. The number of nitrogens with one attached hydrogen (secondary N) is 1. The first-order valence-electron chi connectivity index (χ1n) is 8.02. The summed E-state index contributed by atoms with van der Waals surface area (Å²) in [4.78, 5) is 51.3. The van der Waals surface area contributed by atoms with E-state index in [-0.39, 0.29) is 24.8 Å². The highest BCUT2D eigenvalue weighted by Crippen LogP contribution is 2.43. The summed E-state index contributed by atoms with van der Waals surface area (Å²) in [7, 11) is 0. The van der Waals surface area contributed by atoms with Crippen LogP contribution in [0.15, 0.2) is 24.3 Å². The Hall–Kier alpha value is -2.90. The first kappa shape index (κ1) is 16.9. The normalized spacial score (nSPS) is 23.1. The van der Waals surface area contributed by atoms with Gasteiger partial charge in [-0.1, -0.05) is 12.1 Å². The van der Waals surface area contributed by atoms with Gasteiger partial charge in [0, 0.05) is 6.42 Å². The van der Waals surface area contributed by atoms with E-state index in [4.69, 9.17) is 5.11 Å². The highest BCUT2D eigenvalue weighted by molar-refractivity contribution is 6.11. The number of carbonyl (C=O) groups excluding carboxylic acids is 3. The molecule has 1 fully saturated rings. The molecule has 1 aromatic carbocycles. The van der Waals surface area contributed by atoms with Gasteiger partial charge in [-0.25, -0.2) is 0 Å². The van der Waals surface area contributed by atoms with Crippen molar-refractivity contribution < 1.29 is 24.3 Å². The molecule has 132 valence electrons. The highest BCUT2D eigenvalue weighted by atomic mass is 16.4. The lowest BCUT2D eigenvalue weighted by atomic mass is 9.98. The molecule has 3 amide bonds. The maximum absolute atomic E-state index is 12.9. The molecule has 8 nitrogen and oxygen atoms in total.